The highest BCUT2D eigenvalue weighted by molar-refractivity contribution is 6.02. The minimum atomic E-state index is -0.325. The molecule has 0 atom stereocenters. The van der Waals surface area contributed by atoms with E-state index in [9.17, 15) is 4.79 Å². The molecule has 0 bridgehead atoms. The van der Waals surface area contributed by atoms with Gasteiger partial charge in [-0.1, -0.05) is 0 Å². The maximum absolute atomic E-state index is 12.1. The summed E-state index contributed by atoms with van der Waals surface area (Å²) in [6.07, 6.45) is 1.84. The Morgan fingerprint density at radius 1 is 1.22 bits per heavy atom. The van der Waals surface area contributed by atoms with Crippen molar-refractivity contribution in [2.45, 2.75) is 41.2 Å². The number of hydrogen-bond donors (Lipinski definition) is 0. The highest BCUT2D eigenvalue weighted by Gasteiger charge is 2.22. The summed E-state index contributed by atoms with van der Waals surface area (Å²) >= 11 is 0. The molecule has 0 fully saturated rings. The standard InChI is InChI=1S/C21H29NO5/c1-8-22-15(5)14(4)18-16(10-13(3)21(23)26-9-2)11-17(25-7)20(19(18)22)27-12-24-6/h10-11H,8-9,12H2,1-7H3/b13-10+. The van der Waals surface area contributed by atoms with Crippen LogP contribution in [0.1, 0.15) is 37.6 Å². The first-order valence-corrected chi connectivity index (χ1v) is 9.08. The van der Waals surface area contributed by atoms with Gasteiger partial charge in [0.05, 0.1) is 19.2 Å². The zero-order valence-corrected chi connectivity index (χ0v) is 17.3. The van der Waals surface area contributed by atoms with Gasteiger partial charge in [0.1, 0.15) is 0 Å². The molecule has 2 aromatic rings. The van der Waals surface area contributed by atoms with Crippen LogP contribution in [0, 0.1) is 13.8 Å². The number of nitrogens with zero attached hydrogens (tertiary/aromatic N) is 1. The van der Waals surface area contributed by atoms with Crippen LogP contribution in [0.5, 0.6) is 11.5 Å². The van der Waals surface area contributed by atoms with Crippen LogP contribution in [-0.4, -0.2) is 38.2 Å². The first kappa shape index (κ1) is 20.8. The van der Waals surface area contributed by atoms with E-state index in [4.69, 9.17) is 18.9 Å². The summed E-state index contributed by atoms with van der Waals surface area (Å²) in [4.78, 5) is 12.1. The van der Waals surface area contributed by atoms with E-state index in [1.807, 2.05) is 12.1 Å². The van der Waals surface area contributed by atoms with Gasteiger partial charge < -0.3 is 23.5 Å². The van der Waals surface area contributed by atoms with Gasteiger partial charge >= 0.3 is 5.97 Å². The second-order valence-electron chi connectivity index (χ2n) is 6.27. The lowest BCUT2D eigenvalue weighted by Crippen LogP contribution is -2.06. The number of rotatable bonds is 8. The molecular weight excluding hydrogens is 346 g/mol. The summed E-state index contributed by atoms with van der Waals surface area (Å²) in [6, 6.07) is 1.89. The van der Waals surface area contributed by atoms with E-state index in [2.05, 4.69) is 25.3 Å². The number of methoxy groups -OCH3 is 2. The number of ether oxygens (including phenoxy) is 4. The molecule has 0 spiro atoms. The van der Waals surface area contributed by atoms with Gasteiger partial charge in [-0.2, -0.15) is 0 Å². The Labute approximate surface area is 160 Å². The molecule has 0 aliphatic carbocycles. The maximum Gasteiger partial charge on any atom is 0.333 e. The van der Waals surface area contributed by atoms with E-state index < -0.39 is 0 Å². The van der Waals surface area contributed by atoms with Crippen molar-refractivity contribution in [2.24, 2.45) is 0 Å². The lowest BCUT2D eigenvalue weighted by molar-refractivity contribution is -0.138. The van der Waals surface area contributed by atoms with Gasteiger partial charge in [0.15, 0.2) is 18.3 Å². The van der Waals surface area contributed by atoms with E-state index in [-0.39, 0.29) is 12.8 Å². The third-order valence-corrected chi connectivity index (χ3v) is 4.67. The molecule has 0 saturated heterocycles. The van der Waals surface area contributed by atoms with Gasteiger partial charge in [-0.25, -0.2) is 4.79 Å². The molecule has 0 unspecified atom stereocenters. The molecule has 2 rings (SSSR count). The zero-order valence-electron chi connectivity index (χ0n) is 17.3. The Bertz CT molecular complexity index is 864. The van der Waals surface area contributed by atoms with Crippen LogP contribution in [0.2, 0.25) is 0 Å². The third-order valence-electron chi connectivity index (χ3n) is 4.67. The highest BCUT2D eigenvalue weighted by atomic mass is 16.7. The summed E-state index contributed by atoms with van der Waals surface area (Å²) in [7, 11) is 3.18. The molecular formula is C21H29NO5. The van der Waals surface area contributed by atoms with Gasteiger partial charge in [-0.05, 0) is 57.9 Å². The van der Waals surface area contributed by atoms with Gasteiger partial charge in [-0.15, -0.1) is 0 Å². The maximum atomic E-state index is 12.1. The van der Waals surface area contributed by atoms with Crippen LogP contribution in [0.3, 0.4) is 0 Å². The van der Waals surface area contributed by atoms with E-state index in [1.54, 1.807) is 28.1 Å². The number of esters is 1. The SMILES string of the molecule is CCOC(=O)/C(C)=C/c1cc(OC)c(OCOC)c2c1c(C)c(C)n2CC. The Kier molecular flexibility index (Phi) is 6.91. The predicted molar refractivity (Wildman–Crippen MR) is 106 cm³/mol. The van der Waals surface area contributed by atoms with Crippen LogP contribution < -0.4 is 9.47 Å². The Balaban J connectivity index is 2.83. The predicted octanol–water partition coefficient (Wildman–Crippen LogP) is 4.24. The topological polar surface area (TPSA) is 58.9 Å². The van der Waals surface area contributed by atoms with E-state index in [1.165, 1.54) is 0 Å². The molecule has 0 aliphatic heterocycles. The Hall–Kier alpha value is -2.47. The average Bonchev–Trinajstić information content (AvgIpc) is 2.91. The van der Waals surface area contributed by atoms with Crippen LogP contribution in [-0.2, 0) is 20.8 Å². The fourth-order valence-electron chi connectivity index (χ4n) is 3.30. The first-order chi connectivity index (χ1) is 12.9. The van der Waals surface area contributed by atoms with Crippen LogP contribution in [0.4, 0.5) is 0 Å². The van der Waals surface area contributed by atoms with Crippen LogP contribution >= 0.6 is 0 Å². The number of carbonyl (C=O) groups excluding carboxylic acids is 1. The zero-order chi connectivity index (χ0) is 20.1. The minimum absolute atomic E-state index is 0.121. The summed E-state index contributed by atoms with van der Waals surface area (Å²) < 4.78 is 23.9. The molecule has 0 N–H and O–H groups in total. The van der Waals surface area contributed by atoms with E-state index >= 15 is 0 Å². The normalized spacial score (nSPS) is 11.7. The second-order valence-corrected chi connectivity index (χ2v) is 6.27. The third kappa shape index (κ3) is 3.95. The Morgan fingerprint density at radius 3 is 2.48 bits per heavy atom. The van der Waals surface area contributed by atoms with Crippen LogP contribution in [0.15, 0.2) is 11.6 Å². The number of hydrogen-bond acceptors (Lipinski definition) is 5. The Morgan fingerprint density at radius 2 is 1.93 bits per heavy atom. The molecule has 1 heterocycles. The largest absolute Gasteiger partial charge is 0.493 e. The molecule has 0 radical (unpaired) electrons. The molecule has 0 saturated carbocycles. The number of aryl methyl sites for hydroxylation is 2. The van der Waals surface area contributed by atoms with Gasteiger partial charge in [0.25, 0.3) is 0 Å². The molecule has 0 amide bonds. The molecule has 148 valence electrons. The molecule has 27 heavy (non-hydrogen) atoms. The van der Waals surface area contributed by atoms with E-state index in [0.29, 0.717) is 23.7 Å². The highest BCUT2D eigenvalue weighted by Crippen LogP contribution is 2.42. The monoisotopic (exact) mass is 375 g/mol. The number of fused-ring (bicyclic) bond motifs is 1. The van der Waals surface area contributed by atoms with Gasteiger partial charge in [0, 0.05) is 30.3 Å². The van der Waals surface area contributed by atoms with Crippen molar-refractivity contribution in [3.05, 3.63) is 28.5 Å². The smallest absolute Gasteiger partial charge is 0.333 e. The number of benzene rings is 1. The van der Waals surface area contributed by atoms with Crippen LogP contribution in [0.25, 0.3) is 17.0 Å². The van der Waals surface area contributed by atoms with Crippen molar-refractivity contribution in [3.63, 3.8) is 0 Å². The van der Waals surface area contributed by atoms with Crippen molar-refractivity contribution in [1.29, 1.82) is 0 Å². The fourth-order valence-corrected chi connectivity index (χ4v) is 3.30. The minimum Gasteiger partial charge on any atom is -0.493 e. The first-order valence-electron chi connectivity index (χ1n) is 9.08. The van der Waals surface area contributed by atoms with E-state index in [0.717, 1.165) is 34.3 Å². The summed E-state index contributed by atoms with van der Waals surface area (Å²) in [5.41, 5.74) is 4.65. The van der Waals surface area contributed by atoms with Gasteiger partial charge in [-0.3, -0.25) is 0 Å². The molecule has 1 aromatic heterocycles. The molecule has 0 aliphatic rings. The van der Waals surface area contributed by atoms with Crippen molar-refractivity contribution < 1.29 is 23.7 Å². The van der Waals surface area contributed by atoms with Crippen molar-refractivity contribution in [1.82, 2.24) is 4.57 Å². The lowest BCUT2D eigenvalue weighted by atomic mass is 10.0. The lowest BCUT2D eigenvalue weighted by Gasteiger charge is -2.16. The van der Waals surface area contributed by atoms with Gasteiger partial charge in [0.2, 0.25) is 0 Å². The second kappa shape index (κ2) is 8.95. The molecule has 6 heteroatoms. The van der Waals surface area contributed by atoms with Crippen molar-refractivity contribution in [3.8, 4) is 11.5 Å². The average molecular weight is 375 g/mol. The number of carbonyl (C=O) groups is 1. The summed E-state index contributed by atoms with van der Waals surface area (Å²) in [5.74, 6) is 0.904. The number of aromatic nitrogens is 1. The summed E-state index contributed by atoms with van der Waals surface area (Å²) in [6.45, 7) is 11.0. The molecule has 6 nitrogen and oxygen atoms in total. The summed E-state index contributed by atoms with van der Waals surface area (Å²) in [5, 5.41) is 1.03. The molecule has 1 aromatic carbocycles. The quantitative estimate of drug-likeness (QED) is 0.392. The fraction of sp³-hybridized carbons (Fsp3) is 0.476. The van der Waals surface area contributed by atoms with Crippen molar-refractivity contribution in [2.75, 3.05) is 27.6 Å². The van der Waals surface area contributed by atoms with Crippen molar-refractivity contribution >= 4 is 22.9 Å².